The number of ether oxygens (including phenoxy) is 1. The summed E-state index contributed by atoms with van der Waals surface area (Å²) in [6.45, 7) is 6.84. The van der Waals surface area contributed by atoms with Gasteiger partial charge in [0.15, 0.2) is 0 Å². The molecule has 1 rings (SSSR count). The van der Waals surface area contributed by atoms with Gasteiger partial charge in [0.1, 0.15) is 5.38 Å². The summed E-state index contributed by atoms with van der Waals surface area (Å²) in [7, 11) is 0. The van der Waals surface area contributed by atoms with E-state index in [9.17, 15) is 4.79 Å². The van der Waals surface area contributed by atoms with E-state index in [4.69, 9.17) is 16.3 Å². The van der Waals surface area contributed by atoms with Crippen LogP contribution in [0.4, 0.5) is 0 Å². The molecule has 1 saturated heterocycles. The van der Waals surface area contributed by atoms with Gasteiger partial charge < -0.3 is 9.64 Å². The molecule has 1 fully saturated rings. The lowest BCUT2D eigenvalue weighted by Gasteiger charge is -2.17. The van der Waals surface area contributed by atoms with Crippen LogP contribution in [-0.4, -0.2) is 42.5 Å². The molecule has 2 atom stereocenters. The van der Waals surface area contributed by atoms with Gasteiger partial charge in [-0.25, -0.2) is 0 Å². The molecule has 1 amide bonds. The van der Waals surface area contributed by atoms with Crippen molar-refractivity contribution in [1.29, 1.82) is 0 Å². The third-order valence-corrected chi connectivity index (χ3v) is 2.68. The second-order valence-electron chi connectivity index (χ2n) is 3.71. The van der Waals surface area contributed by atoms with Gasteiger partial charge in [-0.1, -0.05) is 0 Å². The van der Waals surface area contributed by atoms with Gasteiger partial charge in [0, 0.05) is 25.6 Å². The highest BCUT2D eigenvalue weighted by molar-refractivity contribution is 6.30. The molecule has 1 aliphatic rings. The predicted molar refractivity (Wildman–Crippen MR) is 56.5 cm³/mol. The van der Waals surface area contributed by atoms with Crippen LogP contribution in [-0.2, 0) is 9.53 Å². The van der Waals surface area contributed by atoms with Gasteiger partial charge in [0.2, 0.25) is 5.91 Å². The molecular formula is C10H18ClNO2. The minimum atomic E-state index is -0.402. The third kappa shape index (κ3) is 3.14. The zero-order chi connectivity index (χ0) is 10.6. The lowest BCUT2D eigenvalue weighted by atomic mass is 10.1. The van der Waals surface area contributed by atoms with Crippen molar-refractivity contribution in [1.82, 2.24) is 4.90 Å². The Balaban J connectivity index is 2.30. The second-order valence-corrected chi connectivity index (χ2v) is 4.37. The molecule has 82 valence electrons. The van der Waals surface area contributed by atoms with E-state index >= 15 is 0 Å². The number of carbonyl (C=O) groups excluding carboxylic acids is 1. The van der Waals surface area contributed by atoms with Crippen LogP contribution in [0.15, 0.2) is 0 Å². The molecule has 0 saturated carbocycles. The Kier molecular flexibility index (Phi) is 4.69. The minimum absolute atomic E-state index is 0.0469. The van der Waals surface area contributed by atoms with E-state index in [1.807, 2.05) is 11.8 Å². The van der Waals surface area contributed by atoms with Crippen molar-refractivity contribution in [3.05, 3.63) is 0 Å². The van der Waals surface area contributed by atoms with Gasteiger partial charge >= 0.3 is 0 Å². The van der Waals surface area contributed by atoms with E-state index < -0.39 is 5.38 Å². The first kappa shape index (κ1) is 11.8. The van der Waals surface area contributed by atoms with Crippen LogP contribution in [0, 0.1) is 5.92 Å². The Bertz CT molecular complexity index is 197. The van der Waals surface area contributed by atoms with Gasteiger partial charge in [-0.05, 0) is 20.3 Å². The van der Waals surface area contributed by atoms with Crippen molar-refractivity contribution in [2.45, 2.75) is 25.6 Å². The van der Waals surface area contributed by atoms with Crippen LogP contribution in [0.3, 0.4) is 0 Å². The summed E-state index contributed by atoms with van der Waals surface area (Å²) in [5, 5.41) is -0.402. The van der Waals surface area contributed by atoms with Crippen LogP contribution in [0.1, 0.15) is 20.3 Å². The van der Waals surface area contributed by atoms with Gasteiger partial charge in [-0.2, -0.15) is 0 Å². The SMILES string of the molecule is CCOC[C@H]1CCN(C(=O)[C@@H](C)Cl)C1. The maximum atomic E-state index is 11.5. The van der Waals surface area contributed by atoms with E-state index in [0.717, 1.165) is 32.7 Å². The van der Waals surface area contributed by atoms with Crippen LogP contribution in [0.2, 0.25) is 0 Å². The maximum Gasteiger partial charge on any atom is 0.240 e. The molecule has 0 aromatic heterocycles. The van der Waals surface area contributed by atoms with E-state index in [1.54, 1.807) is 6.92 Å². The van der Waals surface area contributed by atoms with Crippen molar-refractivity contribution in [2.75, 3.05) is 26.3 Å². The van der Waals surface area contributed by atoms with Crippen molar-refractivity contribution in [2.24, 2.45) is 5.92 Å². The highest BCUT2D eigenvalue weighted by Gasteiger charge is 2.27. The summed E-state index contributed by atoms with van der Waals surface area (Å²) >= 11 is 5.74. The predicted octanol–water partition coefficient (Wildman–Crippen LogP) is 1.50. The minimum Gasteiger partial charge on any atom is -0.381 e. The molecule has 0 unspecified atom stereocenters. The second kappa shape index (κ2) is 5.56. The standard InChI is InChI=1S/C10H18ClNO2/c1-3-14-7-9-4-5-12(6-9)10(13)8(2)11/h8-9H,3-7H2,1-2H3/t8-,9+/m1/s1. The fraction of sp³-hybridized carbons (Fsp3) is 0.900. The first-order chi connectivity index (χ1) is 6.65. The summed E-state index contributed by atoms with van der Waals surface area (Å²) in [6.07, 6.45) is 1.04. The first-order valence-electron chi connectivity index (χ1n) is 5.15. The number of likely N-dealkylation sites (tertiary alicyclic amines) is 1. The third-order valence-electron chi connectivity index (χ3n) is 2.50. The number of nitrogens with zero attached hydrogens (tertiary/aromatic N) is 1. The van der Waals surface area contributed by atoms with Gasteiger partial charge in [0.25, 0.3) is 0 Å². The van der Waals surface area contributed by atoms with Gasteiger partial charge in [0.05, 0.1) is 6.61 Å². The fourth-order valence-electron chi connectivity index (χ4n) is 1.70. The number of hydrogen-bond donors (Lipinski definition) is 0. The number of carbonyl (C=O) groups is 1. The number of rotatable bonds is 4. The zero-order valence-corrected chi connectivity index (χ0v) is 9.59. The molecule has 1 aliphatic heterocycles. The van der Waals surface area contributed by atoms with Crippen molar-refractivity contribution in [3.8, 4) is 0 Å². The lowest BCUT2D eigenvalue weighted by molar-refractivity contribution is -0.129. The quantitative estimate of drug-likeness (QED) is 0.671. The normalized spacial score (nSPS) is 23.9. The Hall–Kier alpha value is -0.280. The molecule has 4 heteroatoms. The summed E-state index contributed by atoms with van der Waals surface area (Å²) in [4.78, 5) is 13.4. The fourth-order valence-corrected chi connectivity index (χ4v) is 1.84. The number of amides is 1. The largest absolute Gasteiger partial charge is 0.381 e. The molecule has 0 aromatic carbocycles. The molecular weight excluding hydrogens is 202 g/mol. The monoisotopic (exact) mass is 219 g/mol. The number of hydrogen-bond acceptors (Lipinski definition) is 2. The summed E-state index contributed by atoms with van der Waals surface area (Å²) < 4.78 is 5.34. The van der Waals surface area contributed by atoms with Crippen molar-refractivity contribution >= 4 is 17.5 Å². The summed E-state index contributed by atoms with van der Waals surface area (Å²) in [6, 6.07) is 0. The molecule has 0 N–H and O–H groups in total. The molecule has 14 heavy (non-hydrogen) atoms. The molecule has 0 aromatic rings. The smallest absolute Gasteiger partial charge is 0.240 e. The average molecular weight is 220 g/mol. The maximum absolute atomic E-state index is 11.5. The van der Waals surface area contributed by atoms with Crippen LogP contribution in [0.5, 0.6) is 0 Å². The van der Waals surface area contributed by atoms with E-state index in [1.165, 1.54) is 0 Å². The number of alkyl halides is 1. The van der Waals surface area contributed by atoms with Gasteiger partial charge in [-0.15, -0.1) is 11.6 Å². The van der Waals surface area contributed by atoms with Gasteiger partial charge in [-0.3, -0.25) is 4.79 Å². The first-order valence-corrected chi connectivity index (χ1v) is 5.59. The summed E-state index contributed by atoms with van der Waals surface area (Å²) in [5.41, 5.74) is 0. The van der Waals surface area contributed by atoms with E-state index in [0.29, 0.717) is 5.92 Å². The van der Waals surface area contributed by atoms with Crippen molar-refractivity contribution < 1.29 is 9.53 Å². The van der Waals surface area contributed by atoms with Crippen LogP contribution in [0.25, 0.3) is 0 Å². The Morgan fingerprint density at radius 2 is 2.43 bits per heavy atom. The molecule has 0 aliphatic carbocycles. The Labute approximate surface area is 90.4 Å². The molecule has 1 heterocycles. The topological polar surface area (TPSA) is 29.5 Å². The average Bonchev–Trinajstić information content (AvgIpc) is 2.61. The lowest BCUT2D eigenvalue weighted by Crippen LogP contribution is -2.34. The molecule has 0 radical (unpaired) electrons. The number of halogens is 1. The van der Waals surface area contributed by atoms with E-state index in [-0.39, 0.29) is 5.91 Å². The summed E-state index contributed by atoms with van der Waals surface area (Å²) in [5.74, 6) is 0.542. The molecule has 3 nitrogen and oxygen atoms in total. The molecule has 0 spiro atoms. The Morgan fingerprint density at radius 3 is 3.00 bits per heavy atom. The van der Waals surface area contributed by atoms with Crippen LogP contribution >= 0.6 is 11.6 Å². The Morgan fingerprint density at radius 1 is 1.71 bits per heavy atom. The van der Waals surface area contributed by atoms with Crippen molar-refractivity contribution in [3.63, 3.8) is 0 Å². The molecule has 0 bridgehead atoms. The highest BCUT2D eigenvalue weighted by Crippen LogP contribution is 2.18. The van der Waals surface area contributed by atoms with Crippen LogP contribution < -0.4 is 0 Å². The highest BCUT2D eigenvalue weighted by atomic mass is 35.5. The zero-order valence-electron chi connectivity index (χ0n) is 8.83. The van der Waals surface area contributed by atoms with E-state index in [2.05, 4.69) is 0 Å².